The number of oxime groups is 1. The van der Waals surface area contributed by atoms with E-state index in [0.717, 1.165) is 26.1 Å². The third-order valence-corrected chi connectivity index (χ3v) is 7.98. The lowest BCUT2D eigenvalue weighted by molar-refractivity contribution is 0.158. The number of thiazole rings is 2. The third kappa shape index (κ3) is 3.89. The summed E-state index contributed by atoms with van der Waals surface area (Å²) in [7, 11) is -3.41. The largest absolute Gasteiger partial charge is 0.396 e. The molecular weight excluding hydrogens is 430 g/mol. The zero-order chi connectivity index (χ0) is 20.6. The lowest BCUT2D eigenvalue weighted by atomic mass is 10.1. The van der Waals surface area contributed by atoms with Gasteiger partial charge in [-0.15, -0.1) is 11.3 Å². The Kier molecular flexibility index (Phi) is 5.36. The second-order valence-corrected chi connectivity index (χ2v) is 10.3. The molecule has 0 fully saturated rings. The summed E-state index contributed by atoms with van der Waals surface area (Å²) in [6, 6.07) is 3.83. The molecule has 0 amide bonds. The van der Waals surface area contributed by atoms with Crippen LogP contribution in [-0.2, 0) is 14.9 Å². The van der Waals surface area contributed by atoms with Crippen molar-refractivity contribution in [3.8, 4) is 20.5 Å². The topological polar surface area (TPSA) is 97.6 Å². The van der Waals surface area contributed by atoms with E-state index in [1.165, 1.54) is 33.2 Å². The number of fused-ring (bicyclic) bond motifs is 1. The van der Waals surface area contributed by atoms with Crippen LogP contribution < -0.4 is 4.31 Å². The molecule has 8 nitrogen and oxygen atoms in total. The Hall–Kier alpha value is -2.37. The molecule has 0 bridgehead atoms. The Morgan fingerprint density at radius 3 is 2.79 bits per heavy atom. The van der Waals surface area contributed by atoms with Crippen molar-refractivity contribution in [2.75, 3.05) is 23.7 Å². The Morgan fingerprint density at radius 1 is 1.28 bits per heavy atom. The summed E-state index contributed by atoms with van der Waals surface area (Å²) in [6.07, 6.45) is 5.15. The average molecular weight is 450 g/mol. The Balaban J connectivity index is 1.81. The monoisotopic (exact) mass is 449 g/mol. The van der Waals surface area contributed by atoms with Crippen LogP contribution in [0, 0.1) is 6.92 Å². The van der Waals surface area contributed by atoms with E-state index in [0.29, 0.717) is 36.0 Å². The van der Waals surface area contributed by atoms with E-state index in [1.54, 1.807) is 12.4 Å². The first kappa shape index (κ1) is 19.9. The number of aryl methyl sites for hydroxylation is 1. The standard InChI is InChI=1S/C18H19N5O3S3/c1-4-26-22-13-7-9-23(29(3,24)25)18-14(13)21-17(28-18)15-11(2)20-16(27-15)12-6-5-8-19-10-12/h5-6,8,10H,4,7,9H2,1-3H3. The van der Waals surface area contributed by atoms with E-state index in [9.17, 15) is 8.42 Å². The number of hydrogen-bond acceptors (Lipinski definition) is 9. The van der Waals surface area contributed by atoms with E-state index in [-0.39, 0.29) is 0 Å². The lowest BCUT2D eigenvalue weighted by Gasteiger charge is -2.25. The van der Waals surface area contributed by atoms with E-state index >= 15 is 0 Å². The number of rotatable bonds is 5. The molecule has 0 radical (unpaired) electrons. The van der Waals surface area contributed by atoms with Gasteiger partial charge < -0.3 is 4.84 Å². The Bertz CT molecular complexity index is 1170. The lowest BCUT2D eigenvalue weighted by Crippen LogP contribution is -2.36. The Morgan fingerprint density at radius 2 is 2.10 bits per heavy atom. The fourth-order valence-electron chi connectivity index (χ4n) is 2.95. The van der Waals surface area contributed by atoms with Crippen LogP contribution in [0.25, 0.3) is 20.5 Å². The molecule has 3 aromatic rings. The summed E-state index contributed by atoms with van der Waals surface area (Å²) >= 11 is 2.85. The van der Waals surface area contributed by atoms with Gasteiger partial charge in [0.05, 0.1) is 16.8 Å². The minimum Gasteiger partial charge on any atom is -0.396 e. The van der Waals surface area contributed by atoms with Gasteiger partial charge in [0.2, 0.25) is 10.0 Å². The van der Waals surface area contributed by atoms with Crippen molar-refractivity contribution < 1.29 is 13.3 Å². The predicted molar refractivity (Wildman–Crippen MR) is 116 cm³/mol. The summed E-state index contributed by atoms with van der Waals surface area (Å²) in [5.74, 6) is 0. The molecule has 29 heavy (non-hydrogen) atoms. The zero-order valence-corrected chi connectivity index (χ0v) is 18.6. The molecule has 3 aromatic heterocycles. The zero-order valence-electron chi connectivity index (χ0n) is 16.1. The minimum atomic E-state index is -3.41. The van der Waals surface area contributed by atoms with Crippen molar-refractivity contribution in [2.45, 2.75) is 20.3 Å². The first-order chi connectivity index (χ1) is 13.9. The van der Waals surface area contributed by atoms with Crippen molar-refractivity contribution in [3.05, 3.63) is 35.9 Å². The minimum absolute atomic E-state index is 0.321. The maximum Gasteiger partial charge on any atom is 0.232 e. The van der Waals surface area contributed by atoms with Gasteiger partial charge in [0.25, 0.3) is 0 Å². The van der Waals surface area contributed by atoms with Gasteiger partial charge >= 0.3 is 0 Å². The van der Waals surface area contributed by atoms with E-state index in [1.807, 2.05) is 26.0 Å². The summed E-state index contributed by atoms with van der Waals surface area (Å²) in [4.78, 5) is 19.7. The van der Waals surface area contributed by atoms with Crippen molar-refractivity contribution in [1.82, 2.24) is 15.0 Å². The molecule has 0 atom stereocenters. The van der Waals surface area contributed by atoms with Gasteiger partial charge in [-0.2, -0.15) is 0 Å². The van der Waals surface area contributed by atoms with Crippen LogP contribution in [0.3, 0.4) is 0 Å². The number of anilines is 1. The molecule has 11 heteroatoms. The van der Waals surface area contributed by atoms with Crippen LogP contribution in [-0.4, -0.2) is 48.5 Å². The summed E-state index contributed by atoms with van der Waals surface area (Å²) in [6.45, 7) is 4.54. The molecule has 152 valence electrons. The maximum atomic E-state index is 12.3. The van der Waals surface area contributed by atoms with Crippen LogP contribution in [0.2, 0.25) is 0 Å². The van der Waals surface area contributed by atoms with Crippen LogP contribution in [0.15, 0.2) is 29.7 Å². The van der Waals surface area contributed by atoms with E-state index in [2.05, 4.69) is 15.1 Å². The predicted octanol–water partition coefficient (Wildman–Crippen LogP) is 3.55. The highest BCUT2D eigenvalue weighted by atomic mass is 32.2. The SMILES string of the molecule is CCON=C1CCN(S(C)(=O)=O)c2sc(-c3sc(-c4cccnc4)nc3C)nc21. The van der Waals surface area contributed by atoms with Gasteiger partial charge in [0, 0.05) is 30.9 Å². The van der Waals surface area contributed by atoms with Crippen LogP contribution in [0.1, 0.15) is 24.7 Å². The molecule has 0 saturated heterocycles. The first-order valence-electron chi connectivity index (χ1n) is 8.94. The quantitative estimate of drug-likeness (QED) is 0.553. The van der Waals surface area contributed by atoms with Crippen molar-refractivity contribution in [1.29, 1.82) is 0 Å². The normalized spacial score (nSPS) is 15.6. The molecular formula is C18H19N5O3S3. The number of hydrogen-bond donors (Lipinski definition) is 0. The molecule has 1 aliphatic rings. The number of nitrogens with zero attached hydrogens (tertiary/aromatic N) is 5. The Labute approximate surface area is 177 Å². The van der Waals surface area contributed by atoms with Crippen LogP contribution >= 0.6 is 22.7 Å². The molecule has 4 rings (SSSR count). The average Bonchev–Trinajstić information content (AvgIpc) is 3.29. The maximum absolute atomic E-state index is 12.3. The van der Waals surface area contributed by atoms with Crippen LogP contribution in [0.5, 0.6) is 0 Å². The molecule has 4 heterocycles. The van der Waals surface area contributed by atoms with Gasteiger partial charge in [-0.1, -0.05) is 16.5 Å². The highest BCUT2D eigenvalue weighted by Crippen LogP contribution is 2.43. The molecule has 1 aliphatic heterocycles. The summed E-state index contributed by atoms with van der Waals surface area (Å²) < 4.78 is 26.0. The molecule has 0 N–H and O–H groups in total. The fourth-order valence-corrected chi connectivity index (χ4v) is 6.48. The van der Waals surface area contributed by atoms with Crippen LogP contribution in [0.4, 0.5) is 5.00 Å². The molecule has 0 spiro atoms. The first-order valence-corrected chi connectivity index (χ1v) is 12.4. The van der Waals surface area contributed by atoms with Gasteiger partial charge in [-0.3, -0.25) is 9.29 Å². The molecule has 0 aromatic carbocycles. The van der Waals surface area contributed by atoms with Crippen molar-refractivity contribution in [3.63, 3.8) is 0 Å². The second-order valence-electron chi connectivity index (χ2n) is 6.39. The third-order valence-electron chi connectivity index (χ3n) is 4.26. The number of pyridine rings is 1. The second kappa shape index (κ2) is 7.81. The van der Waals surface area contributed by atoms with Gasteiger partial charge in [0.15, 0.2) is 0 Å². The van der Waals surface area contributed by atoms with E-state index in [4.69, 9.17) is 9.82 Å². The van der Waals surface area contributed by atoms with Gasteiger partial charge in [-0.25, -0.2) is 18.4 Å². The van der Waals surface area contributed by atoms with Crippen molar-refractivity contribution >= 4 is 43.4 Å². The molecule has 0 unspecified atom stereocenters. The number of aromatic nitrogens is 3. The smallest absolute Gasteiger partial charge is 0.232 e. The fraction of sp³-hybridized carbons (Fsp3) is 0.333. The molecule has 0 aliphatic carbocycles. The summed E-state index contributed by atoms with van der Waals surface area (Å²) in [5, 5.41) is 6.30. The highest BCUT2D eigenvalue weighted by molar-refractivity contribution is 7.92. The van der Waals surface area contributed by atoms with Gasteiger partial charge in [0.1, 0.15) is 33.0 Å². The summed E-state index contributed by atoms with van der Waals surface area (Å²) in [5.41, 5.74) is 3.00. The van der Waals surface area contributed by atoms with E-state index < -0.39 is 10.0 Å². The van der Waals surface area contributed by atoms with Gasteiger partial charge in [-0.05, 0) is 26.0 Å². The number of sulfonamides is 1. The highest BCUT2D eigenvalue weighted by Gasteiger charge is 2.33. The molecule has 0 saturated carbocycles. The van der Waals surface area contributed by atoms with Crippen molar-refractivity contribution in [2.24, 2.45) is 5.16 Å².